The van der Waals surface area contributed by atoms with Crippen LogP contribution in [0.3, 0.4) is 0 Å². The average Bonchev–Trinajstić information content (AvgIpc) is 3.38. The van der Waals surface area contributed by atoms with Gasteiger partial charge in [-0.2, -0.15) is 4.37 Å². The van der Waals surface area contributed by atoms with Gasteiger partial charge < -0.3 is 9.80 Å². The predicted octanol–water partition coefficient (Wildman–Crippen LogP) is 4.20. The lowest BCUT2D eigenvalue weighted by Gasteiger charge is -2.38. The number of hydrogen-bond acceptors (Lipinski definition) is 6. The van der Waals surface area contributed by atoms with Crippen molar-refractivity contribution in [3.05, 3.63) is 83.7 Å². The number of aromatic nitrogens is 2. The summed E-state index contributed by atoms with van der Waals surface area (Å²) in [5, 5.41) is 0.948. The SMILES string of the molecule is O=C(C1CCCN(c2nc(Cc3ccccc3)ns2)C1)N1CCN(CC=Cc2ccccc2)CC1. The Balaban J connectivity index is 1.10. The lowest BCUT2D eigenvalue weighted by Crippen LogP contribution is -2.52. The molecule has 0 N–H and O–H groups in total. The number of hydrogen-bond donors (Lipinski definition) is 0. The minimum atomic E-state index is 0.0507. The molecule has 3 aromatic rings. The quantitative estimate of drug-likeness (QED) is 0.500. The van der Waals surface area contributed by atoms with Gasteiger partial charge in [-0.3, -0.25) is 9.69 Å². The van der Waals surface area contributed by atoms with E-state index in [1.807, 2.05) is 24.3 Å². The maximum absolute atomic E-state index is 13.3. The largest absolute Gasteiger partial charge is 0.346 e. The molecule has 2 saturated heterocycles. The molecule has 3 heterocycles. The van der Waals surface area contributed by atoms with E-state index >= 15 is 0 Å². The van der Waals surface area contributed by atoms with Crippen molar-refractivity contribution in [3.8, 4) is 0 Å². The first-order chi connectivity index (χ1) is 17.2. The maximum Gasteiger partial charge on any atom is 0.227 e. The molecule has 0 aliphatic carbocycles. The first-order valence-electron chi connectivity index (χ1n) is 12.6. The van der Waals surface area contributed by atoms with Crippen LogP contribution in [0, 0.1) is 5.92 Å². The molecule has 35 heavy (non-hydrogen) atoms. The Morgan fingerprint density at radius 3 is 2.49 bits per heavy atom. The van der Waals surface area contributed by atoms with Gasteiger partial charge in [-0.05, 0) is 24.0 Å². The highest BCUT2D eigenvalue weighted by Gasteiger charge is 2.32. The Morgan fingerprint density at radius 2 is 1.71 bits per heavy atom. The molecule has 2 fully saturated rings. The van der Waals surface area contributed by atoms with E-state index in [1.165, 1.54) is 22.7 Å². The second-order valence-electron chi connectivity index (χ2n) is 9.38. The molecule has 7 heteroatoms. The molecule has 1 atom stereocenters. The molecule has 2 aliphatic heterocycles. The van der Waals surface area contributed by atoms with Gasteiger partial charge in [0.15, 0.2) is 0 Å². The smallest absolute Gasteiger partial charge is 0.227 e. The van der Waals surface area contributed by atoms with E-state index in [2.05, 4.69) is 67.6 Å². The van der Waals surface area contributed by atoms with Gasteiger partial charge in [-0.1, -0.05) is 72.8 Å². The van der Waals surface area contributed by atoms with Crippen LogP contribution in [0.25, 0.3) is 6.08 Å². The van der Waals surface area contributed by atoms with Crippen molar-refractivity contribution < 1.29 is 4.79 Å². The van der Waals surface area contributed by atoms with Crippen molar-refractivity contribution in [1.29, 1.82) is 0 Å². The fourth-order valence-electron chi connectivity index (χ4n) is 4.89. The molecule has 0 spiro atoms. The van der Waals surface area contributed by atoms with Gasteiger partial charge in [0.05, 0.1) is 5.92 Å². The van der Waals surface area contributed by atoms with Gasteiger partial charge >= 0.3 is 0 Å². The number of piperidine rings is 1. The van der Waals surface area contributed by atoms with Crippen LogP contribution in [0.2, 0.25) is 0 Å². The number of carbonyl (C=O) groups is 1. The Labute approximate surface area is 212 Å². The van der Waals surface area contributed by atoms with Crippen molar-refractivity contribution in [2.45, 2.75) is 19.3 Å². The summed E-state index contributed by atoms with van der Waals surface area (Å²) in [7, 11) is 0. The first-order valence-corrected chi connectivity index (χ1v) is 13.4. The monoisotopic (exact) mass is 487 g/mol. The zero-order chi connectivity index (χ0) is 23.9. The summed E-state index contributed by atoms with van der Waals surface area (Å²) in [6, 6.07) is 20.7. The van der Waals surface area contributed by atoms with E-state index in [4.69, 9.17) is 4.98 Å². The lowest BCUT2D eigenvalue weighted by atomic mass is 9.96. The van der Waals surface area contributed by atoms with E-state index in [0.29, 0.717) is 5.91 Å². The predicted molar refractivity (Wildman–Crippen MR) is 143 cm³/mol. The van der Waals surface area contributed by atoms with Crippen LogP contribution in [0.15, 0.2) is 66.7 Å². The van der Waals surface area contributed by atoms with E-state index in [9.17, 15) is 4.79 Å². The molecule has 1 unspecified atom stereocenters. The topological polar surface area (TPSA) is 52.6 Å². The zero-order valence-corrected chi connectivity index (χ0v) is 20.9. The molecule has 0 bridgehead atoms. The van der Waals surface area contributed by atoms with E-state index in [-0.39, 0.29) is 5.92 Å². The standard InChI is InChI=1S/C28H33N5OS/c34-27(32-19-17-31(18-20-32)15-7-13-23-9-3-1-4-10-23)25-14-8-16-33(22-25)28-29-26(30-35-28)21-24-11-5-2-6-12-24/h1-7,9-13,25H,8,14-22H2. The van der Waals surface area contributed by atoms with Gasteiger partial charge in [0.2, 0.25) is 11.0 Å². The summed E-state index contributed by atoms with van der Waals surface area (Å²) < 4.78 is 4.58. The number of benzene rings is 2. The van der Waals surface area contributed by atoms with Crippen molar-refractivity contribution >= 4 is 28.6 Å². The molecule has 1 aromatic heterocycles. The highest BCUT2D eigenvalue weighted by molar-refractivity contribution is 7.09. The Hall–Kier alpha value is -3.03. The summed E-state index contributed by atoms with van der Waals surface area (Å²) in [6.07, 6.45) is 7.13. The zero-order valence-electron chi connectivity index (χ0n) is 20.1. The third-order valence-electron chi connectivity index (χ3n) is 6.86. The minimum Gasteiger partial charge on any atom is -0.346 e. The number of nitrogens with zero attached hydrogens (tertiary/aromatic N) is 5. The Kier molecular flexibility index (Phi) is 7.85. The number of piperazine rings is 1. The van der Waals surface area contributed by atoms with Gasteiger partial charge in [-0.25, -0.2) is 4.98 Å². The van der Waals surface area contributed by atoms with E-state index in [0.717, 1.165) is 76.0 Å². The van der Waals surface area contributed by atoms with Crippen LogP contribution in [-0.2, 0) is 11.2 Å². The third-order valence-corrected chi connectivity index (χ3v) is 7.68. The summed E-state index contributed by atoms with van der Waals surface area (Å²) >= 11 is 1.46. The fraction of sp³-hybridized carbons (Fsp3) is 0.393. The first kappa shape index (κ1) is 23.7. The molecule has 1 amide bonds. The van der Waals surface area contributed by atoms with Crippen molar-refractivity contribution in [2.24, 2.45) is 5.92 Å². The summed E-state index contributed by atoms with van der Waals surface area (Å²) in [5.41, 5.74) is 2.45. The molecule has 0 radical (unpaired) electrons. The lowest BCUT2D eigenvalue weighted by molar-refractivity contribution is -0.137. The summed E-state index contributed by atoms with van der Waals surface area (Å²) in [6.45, 7) is 6.12. The molecule has 2 aliphatic rings. The molecular weight excluding hydrogens is 454 g/mol. The van der Waals surface area contributed by atoms with Crippen molar-refractivity contribution in [1.82, 2.24) is 19.2 Å². The highest BCUT2D eigenvalue weighted by Crippen LogP contribution is 2.26. The van der Waals surface area contributed by atoms with Crippen LogP contribution in [-0.4, -0.2) is 70.9 Å². The van der Waals surface area contributed by atoms with Crippen molar-refractivity contribution in [3.63, 3.8) is 0 Å². The fourth-order valence-corrected chi connectivity index (χ4v) is 5.61. The van der Waals surface area contributed by atoms with Crippen LogP contribution in [0.4, 0.5) is 5.13 Å². The van der Waals surface area contributed by atoms with E-state index in [1.54, 1.807) is 0 Å². The molecular formula is C28H33N5OS. The maximum atomic E-state index is 13.3. The van der Waals surface area contributed by atoms with Gasteiger partial charge in [-0.15, -0.1) is 0 Å². The van der Waals surface area contributed by atoms with Gasteiger partial charge in [0.25, 0.3) is 0 Å². The average molecular weight is 488 g/mol. The van der Waals surface area contributed by atoms with Crippen molar-refractivity contribution in [2.75, 3.05) is 50.7 Å². The van der Waals surface area contributed by atoms with Crippen LogP contribution in [0.1, 0.15) is 29.8 Å². The summed E-state index contributed by atoms with van der Waals surface area (Å²) in [4.78, 5) is 24.9. The Bertz CT molecular complexity index is 1110. The number of carbonyl (C=O) groups excluding carboxylic acids is 1. The van der Waals surface area contributed by atoms with Crippen LogP contribution in [0.5, 0.6) is 0 Å². The molecule has 2 aromatic carbocycles. The second-order valence-corrected chi connectivity index (χ2v) is 10.1. The molecule has 182 valence electrons. The van der Waals surface area contributed by atoms with Gasteiger partial charge in [0.1, 0.15) is 5.82 Å². The normalized spacial score (nSPS) is 19.4. The minimum absolute atomic E-state index is 0.0507. The molecule has 5 rings (SSSR count). The Morgan fingerprint density at radius 1 is 0.971 bits per heavy atom. The number of amides is 1. The van der Waals surface area contributed by atoms with E-state index < -0.39 is 0 Å². The van der Waals surface area contributed by atoms with Crippen LogP contribution < -0.4 is 4.90 Å². The molecule has 0 saturated carbocycles. The third kappa shape index (κ3) is 6.35. The van der Waals surface area contributed by atoms with Gasteiger partial charge in [0, 0.05) is 63.8 Å². The summed E-state index contributed by atoms with van der Waals surface area (Å²) in [5.74, 6) is 1.22. The molecule has 6 nitrogen and oxygen atoms in total. The van der Waals surface area contributed by atoms with Crippen LogP contribution >= 0.6 is 11.5 Å². The second kappa shape index (κ2) is 11.6. The number of rotatable bonds is 7. The number of anilines is 1. The highest BCUT2D eigenvalue weighted by atomic mass is 32.1.